The van der Waals surface area contributed by atoms with E-state index in [1.54, 1.807) is 11.3 Å². The van der Waals surface area contributed by atoms with Crippen LogP contribution in [-0.4, -0.2) is 6.61 Å². The van der Waals surface area contributed by atoms with Crippen molar-refractivity contribution in [1.82, 2.24) is 0 Å². The number of hydrogen-bond acceptors (Lipinski definition) is 2. The Hall–Kier alpha value is -0.250. The number of halogens is 2. The van der Waals surface area contributed by atoms with Gasteiger partial charge in [-0.1, -0.05) is 27.5 Å². The molecule has 2 rings (SSSR count). The Balaban J connectivity index is 2.66. The Morgan fingerprint density at radius 1 is 1.50 bits per heavy atom. The summed E-state index contributed by atoms with van der Waals surface area (Å²) in [4.78, 5) is 0. The minimum Gasteiger partial charge on any atom is -0.491 e. The van der Waals surface area contributed by atoms with Crippen LogP contribution in [0.2, 0.25) is 4.34 Å². The molecule has 0 amide bonds. The molecule has 1 heterocycles. The lowest BCUT2D eigenvalue weighted by Gasteiger charge is -2.01. The zero-order valence-corrected chi connectivity index (χ0v) is 10.7. The number of ether oxygens (including phenoxy) is 1. The van der Waals surface area contributed by atoms with Crippen LogP contribution in [0.25, 0.3) is 10.1 Å². The maximum atomic E-state index is 6.08. The highest BCUT2D eigenvalue weighted by molar-refractivity contribution is 9.10. The van der Waals surface area contributed by atoms with Gasteiger partial charge >= 0.3 is 0 Å². The second kappa shape index (κ2) is 4.09. The Bertz CT molecular complexity index is 466. The first kappa shape index (κ1) is 10.3. The van der Waals surface area contributed by atoms with Crippen LogP contribution in [-0.2, 0) is 0 Å². The van der Waals surface area contributed by atoms with Gasteiger partial charge in [-0.3, -0.25) is 0 Å². The van der Waals surface area contributed by atoms with Crippen molar-refractivity contribution in [2.75, 3.05) is 6.61 Å². The van der Waals surface area contributed by atoms with Gasteiger partial charge in [0.2, 0.25) is 0 Å². The lowest BCUT2D eigenvalue weighted by Crippen LogP contribution is -1.89. The molecule has 1 aromatic heterocycles. The molecule has 2 aromatic rings. The SMILES string of the molecule is CCOc1c(Cl)sc2ccc(Br)cc12. The molecule has 0 radical (unpaired) electrons. The summed E-state index contributed by atoms with van der Waals surface area (Å²) in [5.74, 6) is 0.801. The number of hydrogen-bond donors (Lipinski definition) is 0. The average molecular weight is 292 g/mol. The van der Waals surface area contributed by atoms with Crippen molar-refractivity contribution in [2.24, 2.45) is 0 Å². The summed E-state index contributed by atoms with van der Waals surface area (Å²) in [5.41, 5.74) is 0. The molecule has 74 valence electrons. The van der Waals surface area contributed by atoms with Crippen LogP contribution >= 0.6 is 38.9 Å². The molecule has 0 atom stereocenters. The molecule has 0 aliphatic carbocycles. The van der Waals surface area contributed by atoms with Gasteiger partial charge in [0.05, 0.1) is 6.61 Å². The molecule has 0 saturated carbocycles. The van der Waals surface area contributed by atoms with Crippen LogP contribution in [0.15, 0.2) is 22.7 Å². The van der Waals surface area contributed by atoms with E-state index in [1.165, 1.54) is 0 Å². The maximum absolute atomic E-state index is 6.08. The van der Waals surface area contributed by atoms with Gasteiger partial charge < -0.3 is 4.74 Å². The molecular weight excluding hydrogens is 284 g/mol. The number of benzene rings is 1. The van der Waals surface area contributed by atoms with Crippen molar-refractivity contribution in [2.45, 2.75) is 6.92 Å². The highest BCUT2D eigenvalue weighted by Crippen LogP contribution is 2.42. The largest absolute Gasteiger partial charge is 0.491 e. The summed E-state index contributed by atoms with van der Waals surface area (Å²) in [6.07, 6.45) is 0. The highest BCUT2D eigenvalue weighted by Gasteiger charge is 2.11. The first-order chi connectivity index (χ1) is 6.72. The highest BCUT2D eigenvalue weighted by atomic mass is 79.9. The number of thiophene rings is 1. The van der Waals surface area contributed by atoms with Crippen molar-refractivity contribution in [1.29, 1.82) is 0 Å². The third-order valence-electron chi connectivity index (χ3n) is 1.85. The molecule has 0 unspecified atom stereocenters. The van der Waals surface area contributed by atoms with E-state index in [1.807, 2.05) is 25.1 Å². The molecule has 0 fully saturated rings. The monoisotopic (exact) mass is 290 g/mol. The van der Waals surface area contributed by atoms with E-state index in [4.69, 9.17) is 16.3 Å². The van der Waals surface area contributed by atoms with Crippen LogP contribution in [0.5, 0.6) is 5.75 Å². The van der Waals surface area contributed by atoms with Gasteiger partial charge in [0.1, 0.15) is 4.34 Å². The second-order valence-corrected chi connectivity index (χ2v) is 5.35. The summed E-state index contributed by atoms with van der Waals surface area (Å²) in [6.45, 7) is 2.59. The maximum Gasteiger partial charge on any atom is 0.156 e. The van der Waals surface area contributed by atoms with Crippen molar-refractivity contribution in [3.63, 3.8) is 0 Å². The van der Waals surface area contributed by atoms with E-state index in [-0.39, 0.29) is 0 Å². The van der Waals surface area contributed by atoms with Gasteiger partial charge in [0.25, 0.3) is 0 Å². The topological polar surface area (TPSA) is 9.23 Å². The fourth-order valence-corrected chi connectivity index (χ4v) is 2.92. The molecule has 0 spiro atoms. The van der Waals surface area contributed by atoms with E-state index in [9.17, 15) is 0 Å². The predicted molar refractivity (Wildman–Crippen MR) is 65.7 cm³/mol. The van der Waals surface area contributed by atoms with E-state index in [0.29, 0.717) is 6.61 Å². The summed E-state index contributed by atoms with van der Waals surface area (Å²) in [7, 11) is 0. The van der Waals surface area contributed by atoms with Crippen molar-refractivity contribution < 1.29 is 4.74 Å². The lowest BCUT2D eigenvalue weighted by atomic mass is 10.2. The first-order valence-electron chi connectivity index (χ1n) is 4.22. The first-order valence-corrected chi connectivity index (χ1v) is 6.21. The Morgan fingerprint density at radius 3 is 3.00 bits per heavy atom. The Labute approximate surface area is 99.8 Å². The molecule has 0 aliphatic rings. The fraction of sp³-hybridized carbons (Fsp3) is 0.200. The summed E-state index contributed by atoms with van der Waals surface area (Å²) in [6, 6.07) is 6.08. The molecule has 1 aromatic carbocycles. The standard InChI is InChI=1S/C10H8BrClOS/c1-2-13-9-7-5-6(11)3-4-8(7)14-10(9)12/h3-5H,2H2,1H3. The van der Waals surface area contributed by atoms with Crippen LogP contribution in [0.1, 0.15) is 6.92 Å². The van der Waals surface area contributed by atoms with E-state index >= 15 is 0 Å². The zero-order valence-electron chi connectivity index (χ0n) is 7.51. The third kappa shape index (κ3) is 1.76. The quantitative estimate of drug-likeness (QED) is 0.778. The molecule has 4 heteroatoms. The van der Waals surface area contributed by atoms with Gasteiger partial charge in [-0.15, -0.1) is 11.3 Å². The van der Waals surface area contributed by atoms with Gasteiger partial charge in [0, 0.05) is 14.6 Å². The minimum atomic E-state index is 0.637. The summed E-state index contributed by atoms with van der Waals surface area (Å²) < 4.78 is 8.42. The molecule has 14 heavy (non-hydrogen) atoms. The van der Waals surface area contributed by atoms with Crippen molar-refractivity contribution in [3.05, 3.63) is 27.0 Å². The molecular formula is C10H8BrClOS. The second-order valence-electron chi connectivity index (χ2n) is 2.78. The average Bonchev–Trinajstić information content (AvgIpc) is 2.45. The van der Waals surface area contributed by atoms with Gasteiger partial charge in [-0.2, -0.15) is 0 Å². The molecule has 0 saturated heterocycles. The van der Waals surface area contributed by atoms with Crippen LogP contribution in [0.3, 0.4) is 0 Å². The number of fused-ring (bicyclic) bond motifs is 1. The van der Waals surface area contributed by atoms with Gasteiger partial charge in [-0.05, 0) is 25.1 Å². The lowest BCUT2D eigenvalue weighted by molar-refractivity contribution is 0.345. The minimum absolute atomic E-state index is 0.637. The molecule has 0 N–H and O–H groups in total. The van der Waals surface area contributed by atoms with Crippen molar-refractivity contribution >= 4 is 49.0 Å². The van der Waals surface area contributed by atoms with E-state index in [0.717, 1.165) is 24.6 Å². The Kier molecular flexibility index (Phi) is 3.00. The van der Waals surface area contributed by atoms with Crippen LogP contribution in [0, 0.1) is 0 Å². The van der Waals surface area contributed by atoms with E-state index in [2.05, 4.69) is 15.9 Å². The normalized spacial score (nSPS) is 10.8. The Morgan fingerprint density at radius 2 is 2.29 bits per heavy atom. The smallest absolute Gasteiger partial charge is 0.156 e. The van der Waals surface area contributed by atoms with Gasteiger partial charge in [0.15, 0.2) is 5.75 Å². The fourth-order valence-electron chi connectivity index (χ4n) is 1.30. The summed E-state index contributed by atoms with van der Waals surface area (Å²) in [5, 5.41) is 1.08. The summed E-state index contributed by atoms with van der Waals surface area (Å²) >= 11 is 11.1. The zero-order chi connectivity index (χ0) is 10.1. The van der Waals surface area contributed by atoms with Crippen LogP contribution < -0.4 is 4.74 Å². The van der Waals surface area contributed by atoms with Gasteiger partial charge in [-0.25, -0.2) is 0 Å². The predicted octanol–water partition coefficient (Wildman–Crippen LogP) is 4.72. The number of rotatable bonds is 2. The molecule has 0 bridgehead atoms. The van der Waals surface area contributed by atoms with E-state index < -0.39 is 0 Å². The van der Waals surface area contributed by atoms with Crippen LogP contribution in [0.4, 0.5) is 0 Å². The molecule has 1 nitrogen and oxygen atoms in total. The van der Waals surface area contributed by atoms with Crippen molar-refractivity contribution in [3.8, 4) is 5.75 Å². The molecule has 0 aliphatic heterocycles. The third-order valence-corrected chi connectivity index (χ3v) is 3.69.